The van der Waals surface area contributed by atoms with E-state index in [1.54, 1.807) is 0 Å². The minimum Gasteiger partial charge on any atom is -0.450 e. The number of carbonyl (C=O) groups is 1. The van der Waals surface area contributed by atoms with Gasteiger partial charge in [0.1, 0.15) is 9.84 Å². The van der Waals surface area contributed by atoms with Gasteiger partial charge in [-0.3, -0.25) is 0 Å². The monoisotopic (exact) mass is 828 g/mol. The Kier molecular flexibility index (Phi) is 27.5. The average molecular weight is 828 g/mol. The van der Waals surface area contributed by atoms with Gasteiger partial charge in [0.15, 0.2) is 0 Å². The summed E-state index contributed by atoms with van der Waals surface area (Å²) in [5, 5.41) is 0. The molecule has 57 heavy (non-hydrogen) atoms. The minimum atomic E-state index is -2.65. The third kappa shape index (κ3) is 24.3. The molecule has 5 aliphatic rings. The first-order valence-electron chi connectivity index (χ1n) is 23.8. The predicted molar refractivity (Wildman–Crippen MR) is 249 cm³/mol. The molecule has 0 spiro atoms. The molecule has 3 heterocycles. The highest BCUT2D eigenvalue weighted by Crippen LogP contribution is 2.41. The molecular formula is C50H101NO5S. The van der Waals surface area contributed by atoms with Crippen LogP contribution in [-0.2, 0) is 19.3 Å². The van der Waals surface area contributed by atoms with Crippen molar-refractivity contribution in [2.24, 2.45) is 59.2 Å². The van der Waals surface area contributed by atoms with Gasteiger partial charge in [0.05, 0.1) is 29.3 Å². The molecule has 7 heteroatoms. The van der Waals surface area contributed by atoms with Gasteiger partial charge in [-0.25, -0.2) is 13.2 Å². The van der Waals surface area contributed by atoms with Gasteiger partial charge >= 0.3 is 6.09 Å². The Hall–Kier alpha value is -0.820. The molecule has 5 rings (SSSR count). The summed E-state index contributed by atoms with van der Waals surface area (Å²) in [6.45, 7) is 35.8. The van der Waals surface area contributed by atoms with Crippen LogP contribution in [0.1, 0.15) is 214 Å². The molecule has 0 unspecified atom stereocenters. The average Bonchev–Trinajstić information content (AvgIpc) is 3.12. The lowest BCUT2D eigenvalue weighted by molar-refractivity contribution is -0.177. The van der Waals surface area contributed by atoms with E-state index in [1.807, 2.05) is 11.8 Å². The number of hydrogen-bond acceptors (Lipinski definition) is 5. The Labute approximate surface area is 357 Å². The molecule has 6 nitrogen and oxygen atoms in total. The zero-order valence-corrected chi connectivity index (χ0v) is 40.8. The molecule has 0 aromatic rings. The molecule has 342 valence electrons. The standard InChI is InChI=1S/C12H24O.C11H21NO2.2C9H18.C8H16O2S.CH4/c1-9(2)10-7-11(3,4)13-12(5,6)8-10;1-4-14-11(13)12-7-5-10(6-8-12)9(2)3;2*1-8(2)9-6-4-3-5-7-9;1-7(2)8-3-5-11(9,10)6-4-8;/h9-10H,7-8H2,1-6H3;9-10H,4-8H2,1-3H3;2*8-9H,3-7H2,1-2H3;7-8H,3-6H2,1-2H3;1H4. The van der Waals surface area contributed by atoms with E-state index in [1.165, 1.54) is 77.0 Å². The van der Waals surface area contributed by atoms with E-state index >= 15 is 0 Å². The van der Waals surface area contributed by atoms with Gasteiger partial charge in [0.2, 0.25) is 0 Å². The molecular weight excluding hydrogens is 727 g/mol. The summed E-state index contributed by atoms with van der Waals surface area (Å²) in [7, 11) is -2.65. The van der Waals surface area contributed by atoms with Crippen molar-refractivity contribution >= 4 is 15.9 Å². The molecule has 0 aromatic heterocycles. The fourth-order valence-corrected chi connectivity index (χ4v) is 11.3. The number of likely N-dealkylation sites (tertiary alicyclic amines) is 1. The SMILES string of the molecule is C.CC(C)C1CC(C)(C)OC(C)(C)C1.CC(C)C1CCCCC1.CC(C)C1CCCCC1.CC(C)C1CCS(=O)(=O)CC1.CCOC(=O)N1CCC(C(C)C)CC1. The summed E-state index contributed by atoms with van der Waals surface area (Å²) in [4.78, 5) is 13.2. The fourth-order valence-electron chi connectivity index (χ4n) is 9.78. The number of sulfone groups is 1. The van der Waals surface area contributed by atoms with Gasteiger partial charge in [0.25, 0.3) is 0 Å². The molecule has 3 aliphatic heterocycles. The van der Waals surface area contributed by atoms with Gasteiger partial charge in [-0.15, -0.1) is 0 Å². The van der Waals surface area contributed by atoms with Crippen LogP contribution in [0.15, 0.2) is 0 Å². The number of rotatable bonds is 6. The third-order valence-corrected chi connectivity index (χ3v) is 15.5. The number of ether oxygens (including phenoxy) is 2. The molecule has 0 bridgehead atoms. The normalized spacial score (nSPS) is 23.2. The summed E-state index contributed by atoms with van der Waals surface area (Å²) in [5.41, 5.74) is 0.132. The van der Waals surface area contributed by atoms with Crippen LogP contribution >= 0.6 is 0 Å². The molecule has 0 atom stereocenters. The number of nitrogens with zero attached hydrogens (tertiary/aromatic N) is 1. The summed E-state index contributed by atoms with van der Waals surface area (Å²) in [5.74, 6) is 9.20. The van der Waals surface area contributed by atoms with Gasteiger partial charge < -0.3 is 14.4 Å². The molecule has 0 aromatic carbocycles. The maximum atomic E-state index is 11.4. The highest BCUT2D eigenvalue weighted by Gasteiger charge is 2.40. The van der Waals surface area contributed by atoms with E-state index in [4.69, 9.17) is 9.47 Å². The largest absolute Gasteiger partial charge is 0.450 e. The summed E-state index contributed by atoms with van der Waals surface area (Å²) < 4.78 is 33.0. The number of piperidine rings is 1. The van der Waals surface area contributed by atoms with Crippen LogP contribution in [0.5, 0.6) is 0 Å². The minimum absolute atomic E-state index is 0. The highest BCUT2D eigenvalue weighted by molar-refractivity contribution is 7.91. The van der Waals surface area contributed by atoms with Gasteiger partial charge in [-0.2, -0.15) is 0 Å². The second-order valence-electron chi connectivity index (χ2n) is 21.3. The molecule has 0 radical (unpaired) electrons. The number of carbonyl (C=O) groups excluding carboxylic acids is 1. The van der Waals surface area contributed by atoms with Crippen molar-refractivity contribution < 1.29 is 22.7 Å². The maximum Gasteiger partial charge on any atom is 0.409 e. The fraction of sp³-hybridized carbons (Fsp3) is 0.980. The molecule has 1 amide bonds. The van der Waals surface area contributed by atoms with Crippen LogP contribution in [0.2, 0.25) is 0 Å². The van der Waals surface area contributed by atoms with Crippen LogP contribution in [0.3, 0.4) is 0 Å². The zero-order chi connectivity index (χ0) is 42.7. The van der Waals surface area contributed by atoms with Crippen molar-refractivity contribution in [3.8, 4) is 0 Å². The molecule has 0 N–H and O–H groups in total. The maximum absolute atomic E-state index is 11.4. The van der Waals surface area contributed by atoms with Crippen molar-refractivity contribution in [1.29, 1.82) is 0 Å². The van der Waals surface area contributed by atoms with Crippen LogP contribution in [-0.4, -0.2) is 61.8 Å². The van der Waals surface area contributed by atoms with E-state index in [0.717, 1.165) is 86.1 Å². The summed E-state index contributed by atoms with van der Waals surface area (Å²) in [6, 6.07) is 0. The number of hydrogen-bond donors (Lipinski definition) is 0. The second kappa shape index (κ2) is 27.9. The quantitative estimate of drug-likeness (QED) is 0.267. The number of amides is 1. The molecule has 3 saturated heterocycles. The van der Waals surface area contributed by atoms with Crippen molar-refractivity contribution in [3.05, 3.63) is 0 Å². The van der Waals surface area contributed by atoms with Crippen LogP contribution < -0.4 is 0 Å². The summed E-state index contributed by atoms with van der Waals surface area (Å²) in [6.07, 6.45) is 21.2. The Morgan fingerprint density at radius 1 is 0.561 bits per heavy atom. The first kappa shape index (κ1) is 56.2. The van der Waals surface area contributed by atoms with Gasteiger partial charge in [-0.1, -0.05) is 141 Å². The first-order valence-corrected chi connectivity index (χ1v) is 25.6. The Bertz CT molecular complexity index is 1070. The Morgan fingerprint density at radius 3 is 1.18 bits per heavy atom. The van der Waals surface area contributed by atoms with E-state index in [9.17, 15) is 13.2 Å². The Balaban J connectivity index is 0.000000692. The molecule has 2 aliphatic carbocycles. The lowest BCUT2D eigenvalue weighted by Crippen LogP contribution is -2.46. The van der Waals surface area contributed by atoms with Gasteiger partial charge in [-0.05, 0) is 132 Å². The highest BCUT2D eigenvalue weighted by atomic mass is 32.2. The van der Waals surface area contributed by atoms with E-state index < -0.39 is 9.84 Å². The van der Waals surface area contributed by atoms with E-state index in [0.29, 0.717) is 29.9 Å². The molecule has 5 fully saturated rings. The van der Waals surface area contributed by atoms with Crippen molar-refractivity contribution in [2.45, 2.75) is 225 Å². The van der Waals surface area contributed by atoms with E-state index in [2.05, 4.69) is 96.9 Å². The lowest BCUT2D eigenvalue weighted by atomic mass is 9.75. The third-order valence-electron chi connectivity index (χ3n) is 13.7. The van der Waals surface area contributed by atoms with Crippen molar-refractivity contribution in [2.75, 3.05) is 31.2 Å². The Morgan fingerprint density at radius 2 is 0.877 bits per heavy atom. The van der Waals surface area contributed by atoms with Crippen LogP contribution in [0.4, 0.5) is 4.79 Å². The van der Waals surface area contributed by atoms with E-state index in [-0.39, 0.29) is 24.7 Å². The summed E-state index contributed by atoms with van der Waals surface area (Å²) >= 11 is 0. The smallest absolute Gasteiger partial charge is 0.409 e. The zero-order valence-electron chi connectivity index (χ0n) is 40.0. The first-order chi connectivity index (χ1) is 26.0. The second-order valence-corrected chi connectivity index (χ2v) is 23.6. The lowest BCUT2D eigenvalue weighted by Gasteiger charge is -2.46. The predicted octanol–water partition coefficient (Wildman–Crippen LogP) is 14.7. The van der Waals surface area contributed by atoms with Crippen molar-refractivity contribution in [3.63, 3.8) is 0 Å². The van der Waals surface area contributed by atoms with Crippen molar-refractivity contribution in [1.82, 2.24) is 4.90 Å². The molecule has 2 saturated carbocycles. The van der Waals surface area contributed by atoms with Gasteiger partial charge in [0, 0.05) is 13.1 Å². The van der Waals surface area contributed by atoms with Crippen LogP contribution in [0.25, 0.3) is 0 Å². The topological polar surface area (TPSA) is 72.9 Å². The van der Waals surface area contributed by atoms with Crippen LogP contribution in [0, 0.1) is 59.2 Å².